The minimum atomic E-state index is 0. The van der Waals surface area contributed by atoms with Gasteiger partial charge in [-0.05, 0) is 11.2 Å². The summed E-state index contributed by atoms with van der Waals surface area (Å²) in [5.41, 5.74) is 0. The molecule has 0 aromatic carbocycles. The van der Waals surface area contributed by atoms with Crippen molar-refractivity contribution in [2.75, 3.05) is 0 Å². The first-order valence-corrected chi connectivity index (χ1v) is 2.06. The van der Waals surface area contributed by atoms with Crippen LogP contribution >= 0.6 is 0 Å². The fraction of sp³-hybridized carbons (Fsp3) is 0. The maximum Gasteiger partial charge on any atom is 0.213 e. The molecule has 0 unspecified atom stereocenters. The highest BCUT2D eigenvalue weighted by Crippen LogP contribution is 1.72. The van der Waals surface area contributed by atoms with Crippen molar-refractivity contribution in [1.29, 1.82) is 0 Å². The standard InChI is InChI=1S/C5H5NO.H2O/c1-2-4-6-7-5-3-1;/h1-5H;1H2. The summed E-state index contributed by atoms with van der Waals surface area (Å²) in [5, 5.41) is 2.55. The van der Waals surface area contributed by atoms with Gasteiger partial charge in [-0.1, -0.05) is 6.08 Å². The van der Waals surface area contributed by atoms with Gasteiger partial charge in [0.1, 0.15) is 0 Å². The van der Waals surface area contributed by atoms with Crippen LogP contribution in [0.4, 0.5) is 0 Å². The molecule has 0 saturated carbocycles. The molecule has 0 amide bonds. The average Bonchev–Trinajstić information content (AvgIpc) is 1.90. The zero-order valence-electron chi connectivity index (χ0n) is 4.24. The summed E-state index contributed by atoms with van der Waals surface area (Å²) in [4.78, 5) is 4.65. The molecule has 44 valence electrons. The Morgan fingerprint density at radius 2 is 2.00 bits per heavy atom. The van der Waals surface area contributed by atoms with Crippen LogP contribution in [-0.4, -0.2) is 11.7 Å². The number of hydrogen-bond donors (Lipinski definition) is 1. The van der Waals surface area contributed by atoms with Gasteiger partial charge in [0, 0.05) is 6.08 Å². The Hall–Kier alpha value is -1.09. The van der Waals surface area contributed by atoms with Gasteiger partial charge in [0.25, 0.3) is 0 Å². The Morgan fingerprint density at radius 3 is 2.88 bits per heavy atom. The van der Waals surface area contributed by atoms with Crippen molar-refractivity contribution in [3.05, 3.63) is 24.5 Å². The van der Waals surface area contributed by atoms with Crippen molar-refractivity contribution >= 4 is 6.21 Å². The summed E-state index contributed by atoms with van der Waals surface area (Å²) in [7, 11) is 0. The molecular formula is C5H7NO2. The molecular weight excluding hydrogens is 106 g/mol. The highest BCUT2D eigenvalue weighted by Gasteiger charge is 1.76. The molecule has 0 atom stereocenters. The van der Waals surface area contributed by atoms with Gasteiger partial charge in [0.15, 0.2) is 6.26 Å². The minimum absolute atomic E-state index is 0. The first-order chi connectivity index (χ1) is 3.50. The lowest BCUT2D eigenvalue weighted by atomic mass is 10.5. The predicted octanol–water partition coefficient (Wildman–Crippen LogP) is -1.02. The van der Waals surface area contributed by atoms with Gasteiger partial charge in [-0.3, -0.25) is 0 Å². The Kier molecular flexibility index (Phi) is 3.52. The molecule has 3 heteroatoms. The molecule has 0 aromatic heterocycles. The zero-order valence-corrected chi connectivity index (χ0v) is 4.24. The van der Waals surface area contributed by atoms with E-state index in [-0.39, 0.29) is 5.48 Å². The predicted molar refractivity (Wildman–Crippen MR) is 28.3 cm³/mol. The number of hydrogen-bond acceptors (Lipinski definition) is 2. The smallest absolute Gasteiger partial charge is 0.213 e. The Labute approximate surface area is 47.3 Å². The van der Waals surface area contributed by atoms with Crippen LogP contribution in [0.25, 0.3) is 0 Å². The molecule has 0 spiro atoms. The Balaban J connectivity index is 0.000000490. The Morgan fingerprint density at radius 1 is 1.12 bits per heavy atom. The van der Waals surface area contributed by atoms with E-state index in [2.05, 4.69) is 9.99 Å². The molecule has 1 aliphatic heterocycles. The van der Waals surface area contributed by atoms with Crippen LogP contribution in [0.3, 0.4) is 0 Å². The van der Waals surface area contributed by atoms with Gasteiger partial charge in [0.2, 0.25) is 6.21 Å². The second-order valence-electron chi connectivity index (χ2n) is 1.12. The minimum Gasteiger partial charge on any atom is -0.870 e. The van der Waals surface area contributed by atoms with Crippen LogP contribution in [0.5, 0.6) is 0 Å². The third kappa shape index (κ3) is 2.15. The van der Waals surface area contributed by atoms with E-state index in [4.69, 9.17) is 0 Å². The second kappa shape index (κ2) is 4.08. The third-order valence-electron chi connectivity index (χ3n) is 0.601. The largest absolute Gasteiger partial charge is 0.870 e. The van der Waals surface area contributed by atoms with E-state index in [0.717, 1.165) is 0 Å². The van der Waals surface area contributed by atoms with Crippen molar-refractivity contribution in [1.82, 2.24) is 0 Å². The topological polar surface area (TPSA) is 53.2 Å². The highest BCUT2D eigenvalue weighted by atomic mass is 16.6. The summed E-state index contributed by atoms with van der Waals surface area (Å²) in [6.45, 7) is 0. The molecule has 0 aromatic rings. The fourth-order valence-electron chi connectivity index (χ4n) is 0.322. The second-order valence-corrected chi connectivity index (χ2v) is 1.12. The molecule has 8 heavy (non-hydrogen) atoms. The lowest BCUT2D eigenvalue weighted by Gasteiger charge is -1.69. The SMILES string of the molecule is C1=CC=[NH+]OC=C1.[OH-]. The third-order valence-corrected chi connectivity index (χ3v) is 0.601. The van der Waals surface area contributed by atoms with Gasteiger partial charge in [-0.2, -0.15) is 0 Å². The van der Waals surface area contributed by atoms with Gasteiger partial charge in [-0.15, -0.1) is 0 Å². The van der Waals surface area contributed by atoms with Crippen LogP contribution in [0, 0.1) is 0 Å². The maximum atomic E-state index is 4.65. The van der Waals surface area contributed by atoms with Crippen LogP contribution in [0.1, 0.15) is 0 Å². The van der Waals surface area contributed by atoms with Crippen LogP contribution < -0.4 is 5.16 Å². The van der Waals surface area contributed by atoms with Gasteiger partial charge in [-0.25, -0.2) is 4.84 Å². The first-order valence-electron chi connectivity index (χ1n) is 2.06. The number of rotatable bonds is 0. The molecule has 1 heterocycles. The van der Waals surface area contributed by atoms with E-state index in [1.54, 1.807) is 18.6 Å². The van der Waals surface area contributed by atoms with E-state index in [1.807, 2.05) is 12.2 Å². The molecule has 0 aliphatic carbocycles. The summed E-state index contributed by atoms with van der Waals surface area (Å²) in [6, 6.07) is 0. The molecule has 0 bridgehead atoms. The van der Waals surface area contributed by atoms with Crippen molar-refractivity contribution < 1.29 is 15.5 Å². The van der Waals surface area contributed by atoms with Crippen LogP contribution in [0.15, 0.2) is 24.5 Å². The molecule has 0 saturated heterocycles. The van der Waals surface area contributed by atoms with E-state index < -0.39 is 0 Å². The maximum absolute atomic E-state index is 4.65. The monoisotopic (exact) mass is 113 g/mol. The molecule has 0 radical (unpaired) electrons. The molecule has 1 aliphatic rings. The summed E-state index contributed by atoms with van der Waals surface area (Å²) >= 11 is 0. The van der Waals surface area contributed by atoms with Gasteiger partial charge in [0.05, 0.1) is 0 Å². The Bertz CT molecular complexity index is 112. The first kappa shape index (κ1) is 6.91. The quantitative estimate of drug-likeness (QED) is 0.437. The van der Waals surface area contributed by atoms with Gasteiger partial charge < -0.3 is 5.48 Å². The zero-order chi connectivity index (χ0) is 4.95. The van der Waals surface area contributed by atoms with Crippen molar-refractivity contribution in [2.45, 2.75) is 0 Å². The lowest BCUT2D eigenvalue weighted by molar-refractivity contribution is -0.727. The molecule has 3 nitrogen and oxygen atoms in total. The number of allylic oxidation sites excluding steroid dienone is 3. The van der Waals surface area contributed by atoms with Crippen LogP contribution in [0.2, 0.25) is 0 Å². The molecule has 2 N–H and O–H groups in total. The average molecular weight is 113 g/mol. The summed E-state index contributed by atoms with van der Waals surface area (Å²) in [5.74, 6) is 0. The normalized spacial score (nSPS) is 14.0. The summed E-state index contributed by atoms with van der Waals surface area (Å²) < 4.78 is 0. The number of nitrogens with one attached hydrogen (secondary N) is 1. The van der Waals surface area contributed by atoms with Crippen molar-refractivity contribution in [3.63, 3.8) is 0 Å². The van der Waals surface area contributed by atoms with Crippen LogP contribution in [-0.2, 0) is 4.84 Å². The molecule has 1 rings (SSSR count). The van der Waals surface area contributed by atoms with Crippen molar-refractivity contribution in [3.8, 4) is 0 Å². The van der Waals surface area contributed by atoms with E-state index in [9.17, 15) is 0 Å². The fourth-order valence-corrected chi connectivity index (χ4v) is 0.322. The lowest BCUT2D eigenvalue weighted by Crippen LogP contribution is -2.65. The van der Waals surface area contributed by atoms with E-state index >= 15 is 0 Å². The summed E-state index contributed by atoms with van der Waals surface area (Å²) in [6.07, 6.45) is 8.81. The molecule has 0 fully saturated rings. The highest BCUT2D eigenvalue weighted by molar-refractivity contribution is 5.65. The van der Waals surface area contributed by atoms with E-state index in [0.29, 0.717) is 0 Å². The van der Waals surface area contributed by atoms with Crippen molar-refractivity contribution in [2.24, 2.45) is 0 Å². The van der Waals surface area contributed by atoms with E-state index in [1.165, 1.54) is 0 Å². The van der Waals surface area contributed by atoms with Gasteiger partial charge >= 0.3 is 0 Å².